The lowest BCUT2D eigenvalue weighted by Crippen LogP contribution is -2.41. The molecule has 0 aliphatic carbocycles. The Kier molecular flexibility index (Phi) is 6.38. The molecule has 1 atom stereocenters. The Labute approximate surface area is 89.6 Å². The zero-order valence-corrected chi connectivity index (χ0v) is 10.8. The average molecular weight is 201 g/mol. The predicted molar refractivity (Wildman–Crippen MR) is 62.6 cm³/mol. The van der Waals surface area contributed by atoms with Gasteiger partial charge in [0.15, 0.2) is 0 Å². The van der Waals surface area contributed by atoms with E-state index in [0.29, 0.717) is 11.3 Å². The van der Waals surface area contributed by atoms with Crippen LogP contribution in [0.4, 0.5) is 0 Å². The van der Waals surface area contributed by atoms with Gasteiger partial charge in [0.1, 0.15) is 0 Å². The Morgan fingerprint density at radius 1 is 1.29 bits per heavy atom. The molecule has 1 unspecified atom stereocenters. The summed E-state index contributed by atoms with van der Waals surface area (Å²) in [6.07, 6.45) is 2.48. The Hall–Kier alpha value is -0.0800. The van der Waals surface area contributed by atoms with E-state index in [2.05, 4.69) is 39.8 Å². The Morgan fingerprint density at radius 2 is 1.86 bits per heavy atom. The van der Waals surface area contributed by atoms with Crippen LogP contribution < -0.4 is 0 Å². The molecule has 0 spiro atoms. The molecule has 0 aromatic heterocycles. The van der Waals surface area contributed by atoms with Gasteiger partial charge >= 0.3 is 0 Å². The van der Waals surface area contributed by atoms with Crippen molar-refractivity contribution in [3.63, 3.8) is 0 Å². The number of methoxy groups -OCH3 is 1. The molecule has 0 saturated heterocycles. The van der Waals surface area contributed by atoms with E-state index in [4.69, 9.17) is 4.74 Å². The SMILES string of the molecule is CCCC(COC)(CN(C)C)C(C)C. The van der Waals surface area contributed by atoms with E-state index >= 15 is 0 Å². The smallest absolute Gasteiger partial charge is 0.0533 e. The normalized spacial score (nSPS) is 16.3. The fourth-order valence-corrected chi connectivity index (χ4v) is 2.25. The molecular formula is C12H27NO. The molecule has 0 fully saturated rings. The van der Waals surface area contributed by atoms with Gasteiger partial charge in [0.05, 0.1) is 6.61 Å². The minimum atomic E-state index is 0.326. The van der Waals surface area contributed by atoms with Gasteiger partial charge in [-0.05, 0) is 26.4 Å². The summed E-state index contributed by atoms with van der Waals surface area (Å²) in [4.78, 5) is 2.27. The topological polar surface area (TPSA) is 12.5 Å². The molecule has 0 N–H and O–H groups in total. The molecule has 0 radical (unpaired) electrons. The summed E-state index contributed by atoms with van der Waals surface area (Å²) in [6.45, 7) is 8.85. The summed E-state index contributed by atoms with van der Waals surface area (Å²) in [5.74, 6) is 0.671. The fourth-order valence-electron chi connectivity index (χ4n) is 2.25. The zero-order valence-electron chi connectivity index (χ0n) is 10.8. The van der Waals surface area contributed by atoms with Crippen molar-refractivity contribution in [3.8, 4) is 0 Å². The van der Waals surface area contributed by atoms with Crippen LogP contribution in [0, 0.1) is 11.3 Å². The van der Waals surface area contributed by atoms with E-state index in [1.54, 1.807) is 0 Å². The third-order valence-electron chi connectivity index (χ3n) is 3.04. The molecule has 0 bridgehead atoms. The Balaban J connectivity index is 4.55. The monoisotopic (exact) mass is 201 g/mol. The van der Waals surface area contributed by atoms with Gasteiger partial charge in [-0.3, -0.25) is 0 Å². The van der Waals surface area contributed by atoms with Crippen LogP contribution in [0.2, 0.25) is 0 Å². The van der Waals surface area contributed by atoms with Gasteiger partial charge in [0.2, 0.25) is 0 Å². The highest BCUT2D eigenvalue weighted by atomic mass is 16.5. The average Bonchev–Trinajstić information content (AvgIpc) is 2.03. The fraction of sp³-hybridized carbons (Fsp3) is 1.00. The van der Waals surface area contributed by atoms with Crippen molar-refractivity contribution in [2.24, 2.45) is 11.3 Å². The summed E-state index contributed by atoms with van der Waals surface area (Å²) < 4.78 is 5.40. The quantitative estimate of drug-likeness (QED) is 0.628. The van der Waals surface area contributed by atoms with Crippen LogP contribution in [0.15, 0.2) is 0 Å². The molecule has 86 valence electrons. The van der Waals surface area contributed by atoms with Crippen molar-refractivity contribution in [2.45, 2.75) is 33.6 Å². The lowest BCUT2D eigenvalue weighted by molar-refractivity contribution is 0.0148. The maximum Gasteiger partial charge on any atom is 0.0533 e. The lowest BCUT2D eigenvalue weighted by Gasteiger charge is -2.39. The molecule has 0 amide bonds. The minimum Gasteiger partial charge on any atom is -0.384 e. The van der Waals surface area contributed by atoms with Gasteiger partial charge in [-0.15, -0.1) is 0 Å². The third kappa shape index (κ3) is 3.97. The number of ether oxygens (including phenoxy) is 1. The maximum absolute atomic E-state index is 5.40. The first-order valence-electron chi connectivity index (χ1n) is 5.62. The van der Waals surface area contributed by atoms with E-state index < -0.39 is 0 Å². The highest BCUT2D eigenvalue weighted by Crippen LogP contribution is 2.33. The van der Waals surface area contributed by atoms with Gasteiger partial charge in [0, 0.05) is 19.1 Å². The van der Waals surface area contributed by atoms with Crippen molar-refractivity contribution < 1.29 is 4.74 Å². The number of nitrogens with zero attached hydrogens (tertiary/aromatic N) is 1. The summed E-state index contributed by atoms with van der Waals surface area (Å²) in [6, 6.07) is 0. The first kappa shape index (κ1) is 13.9. The zero-order chi connectivity index (χ0) is 11.2. The largest absolute Gasteiger partial charge is 0.384 e. The van der Waals surface area contributed by atoms with Crippen molar-refractivity contribution in [2.75, 3.05) is 34.4 Å². The summed E-state index contributed by atoms with van der Waals surface area (Å²) >= 11 is 0. The highest BCUT2D eigenvalue weighted by molar-refractivity contribution is 4.84. The summed E-state index contributed by atoms with van der Waals surface area (Å²) in [7, 11) is 6.09. The van der Waals surface area contributed by atoms with Crippen molar-refractivity contribution in [3.05, 3.63) is 0 Å². The van der Waals surface area contributed by atoms with Crippen molar-refractivity contribution in [1.29, 1.82) is 0 Å². The van der Waals surface area contributed by atoms with Crippen LogP contribution in [0.5, 0.6) is 0 Å². The minimum absolute atomic E-state index is 0.326. The van der Waals surface area contributed by atoms with Crippen LogP contribution in [-0.2, 0) is 4.74 Å². The highest BCUT2D eigenvalue weighted by Gasteiger charge is 2.33. The molecule has 0 aliphatic rings. The second-order valence-electron chi connectivity index (χ2n) is 4.94. The van der Waals surface area contributed by atoms with E-state index in [1.165, 1.54) is 12.8 Å². The summed E-state index contributed by atoms with van der Waals surface area (Å²) in [5.41, 5.74) is 0.326. The van der Waals surface area contributed by atoms with Gasteiger partial charge in [0.25, 0.3) is 0 Å². The van der Waals surface area contributed by atoms with Gasteiger partial charge in [-0.1, -0.05) is 27.2 Å². The molecule has 0 aliphatic heterocycles. The Morgan fingerprint density at radius 3 is 2.14 bits per heavy atom. The van der Waals surface area contributed by atoms with Crippen LogP contribution in [0.3, 0.4) is 0 Å². The Bertz CT molecular complexity index is 137. The molecule has 0 aromatic carbocycles. The van der Waals surface area contributed by atoms with Gasteiger partial charge in [-0.25, -0.2) is 0 Å². The van der Waals surface area contributed by atoms with Gasteiger partial charge < -0.3 is 9.64 Å². The molecule has 14 heavy (non-hydrogen) atoms. The summed E-state index contributed by atoms with van der Waals surface area (Å²) in [5, 5.41) is 0. The molecule has 0 aromatic rings. The van der Waals surface area contributed by atoms with Crippen molar-refractivity contribution >= 4 is 0 Å². The molecule has 0 heterocycles. The van der Waals surface area contributed by atoms with E-state index in [-0.39, 0.29) is 0 Å². The molecule has 2 heteroatoms. The van der Waals surface area contributed by atoms with Crippen LogP contribution in [-0.4, -0.2) is 39.3 Å². The second-order valence-corrected chi connectivity index (χ2v) is 4.94. The van der Waals surface area contributed by atoms with Crippen LogP contribution in [0.1, 0.15) is 33.6 Å². The molecular weight excluding hydrogens is 174 g/mol. The maximum atomic E-state index is 5.40. The standard InChI is InChI=1S/C12H27NO/c1-7-8-12(10-14-6,11(2)3)9-13(4)5/h11H,7-10H2,1-6H3. The predicted octanol–water partition coefficient (Wildman–Crippen LogP) is 2.64. The first-order valence-corrected chi connectivity index (χ1v) is 5.62. The number of hydrogen-bond acceptors (Lipinski definition) is 2. The first-order chi connectivity index (χ1) is 6.48. The lowest BCUT2D eigenvalue weighted by atomic mass is 9.74. The third-order valence-corrected chi connectivity index (χ3v) is 3.04. The number of rotatable bonds is 7. The van der Waals surface area contributed by atoms with Gasteiger partial charge in [-0.2, -0.15) is 0 Å². The van der Waals surface area contributed by atoms with E-state index in [0.717, 1.165) is 13.2 Å². The van der Waals surface area contributed by atoms with Crippen LogP contribution >= 0.6 is 0 Å². The molecule has 0 rings (SSSR count). The van der Waals surface area contributed by atoms with Crippen molar-refractivity contribution in [1.82, 2.24) is 4.90 Å². The second kappa shape index (κ2) is 6.41. The molecule has 2 nitrogen and oxygen atoms in total. The van der Waals surface area contributed by atoms with Crippen LogP contribution in [0.25, 0.3) is 0 Å². The van der Waals surface area contributed by atoms with E-state index in [9.17, 15) is 0 Å². The number of hydrogen-bond donors (Lipinski definition) is 0. The van der Waals surface area contributed by atoms with E-state index in [1.807, 2.05) is 7.11 Å². The molecule has 0 saturated carbocycles.